The molecule has 0 heterocycles. The Morgan fingerprint density at radius 3 is 2.22 bits per heavy atom. The van der Waals surface area contributed by atoms with Gasteiger partial charge < -0.3 is 15.8 Å². The highest BCUT2D eigenvalue weighted by Crippen LogP contribution is 2.45. The van der Waals surface area contributed by atoms with Gasteiger partial charge in [-0.05, 0) is 65.2 Å². The van der Waals surface area contributed by atoms with Crippen LogP contribution in [0.1, 0.15) is 59.3 Å². The van der Waals surface area contributed by atoms with E-state index in [1.54, 1.807) is 0 Å². The molecule has 2 rings (SSSR count). The van der Waals surface area contributed by atoms with Gasteiger partial charge in [0.15, 0.2) is 0 Å². The zero-order valence-electron chi connectivity index (χ0n) is 11.8. The van der Waals surface area contributed by atoms with Crippen LogP contribution in [0.25, 0.3) is 0 Å². The number of ether oxygens (including phenoxy) is 1. The fourth-order valence-corrected chi connectivity index (χ4v) is 2.84. The summed E-state index contributed by atoms with van der Waals surface area (Å²) in [4.78, 5) is 11.7. The van der Waals surface area contributed by atoms with E-state index in [1.807, 2.05) is 20.8 Å². The Kier molecular flexibility index (Phi) is 3.58. The lowest BCUT2D eigenvalue weighted by Gasteiger charge is -2.33. The van der Waals surface area contributed by atoms with Crippen LogP contribution >= 0.6 is 0 Å². The van der Waals surface area contributed by atoms with Gasteiger partial charge in [0.05, 0.1) is 0 Å². The van der Waals surface area contributed by atoms with Crippen molar-refractivity contribution in [2.45, 2.75) is 76.5 Å². The third-order valence-electron chi connectivity index (χ3n) is 4.09. The summed E-state index contributed by atoms with van der Waals surface area (Å²) in [5.74, 6) is 0.661. The van der Waals surface area contributed by atoms with Crippen molar-refractivity contribution in [1.82, 2.24) is 5.32 Å². The summed E-state index contributed by atoms with van der Waals surface area (Å²) in [5.41, 5.74) is 5.95. The Morgan fingerprint density at radius 2 is 1.78 bits per heavy atom. The molecule has 1 amide bonds. The molecular formula is C14H26N2O2. The molecule has 0 bridgehead atoms. The summed E-state index contributed by atoms with van der Waals surface area (Å²) in [6, 6.07) is 0.262. The minimum Gasteiger partial charge on any atom is -0.444 e. The summed E-state index contributed by atoms with van der Waals surface area (Å²) >= 11 is 0. The molecule has 4 heteroatoms. The Morgan fingerprint density at radius 1 is 1.22 bits per heavy atom. The number of carbonyl (C=O) groups excluding carboxylic acids is 1. The Labute approximate surface area is 110 Å². The van der Waals surface area contributed by atoms with Crippen LogP contribution in [0.5, 0.6) is 0 Å². The van der Waals surface area contributed by atoms with Crippen molar-refractivity contribution in [3.05, 3.63) is 0 Å². The maximum Gasteiger partial charge on any atom is 0.407 e. The average Bonchev–Trinajstić information content (AvgIpc) is 2.95. The van der Waals surface area contributed by atoms with E-state index in [1.165, 1.54) is 12.8 Å². The molecule has 104 valence electrons. The van der Waals surface area contributed by atoms with E-state index in [-0.39, 0.29) is 17.7 Å². The average molecular weight is 254 g/mol. The van der Waals surface area contributed by atoms with Crippen molar-refractivity contribution < 1.29 is 9.53 Å². The second-order valence-electron chi connectivity index (χ2n) is 6.93. The van der Waals surface area contributed by atoms with Crippen LogP contribution in [0.3, 0.4) is 0 Å². The fraction of sp³-hybridized carbons (Fsp3) is 0.929. The second kappa shape index (κ2) is 4.72. The number of rotatable bonds is 2. The molecule has 0 spiro atoms. The lowest BCUT2D eigenvalue weighted by Crippen LogP contribution is -2.43. The van der Waals surface area contributed by atoms with Crippen molar-refractivity contribution in [2.75, 3.05) is 0 Å². The highest BCUT2D eigenvalue weighted by molar-refractivity contribution is 5.68. The fourth-order valence-electron chi connectivity index (χ4n) is 2.84. The van der Waals surface area contributed by atoms with Crippen LogP contribution < -0.4 is 11.1 Å². The molecule has 0 aromatic rings. The number of nitrogens with two attached hydrogens (primary N) is 1. The van der Waals surface area contributed by atoms with Crippen molar-refractivity contribution in [3.63, 3.8) is 0 Å². The van der Waals surface area contributed by atoms with Crippen molar-refractivity contribution in [3.8, 4) is 0 Å². The minimum absolute atomic E-state index is 0.136. The molecule has 4 nitrogen and oxygen atoms in total. The molecule has 0 aromatic heterocycles. The van der Waals surface area contributed by atoms with Crippen molar-refractivity contribution in [2.24, 2.45) is 11.7 Å². The summed E-state index contributed by atoms with van der Waals surface area (Å²) in [6.07, 6.45) is 6.41. The van der Waals surface area contributed by atoms with Gasteiger partial charge in [0, 0.05) is 11.6 Å². The summed E-state index contributed by atoms with van der Waals surface area (Å²) < 4.78 is 5.27. The van der Waals surface area contributed by atoms with Crippen molar-refractivity contribution in [1.29, 1.82) is 0 Å². The molecule has 2 aliphatic rings. The van der Waals surface area contributed by atoms with E-state index in [9.17, 15) is 4.79 Å². The van der Waals surface area contributed by atoms with Gasteiger partial charge in [-0.2, -0.15) is 0 Å². The van der Waals surface area contributed by atoms with Crippen LogP contribution in [0, 0.1) is 5.92 Å². The van der Waals surface area contributed by atoms with E-state index in [2.05, 4.69) is 5.32 Å². The highest BCUT2D eigenvalue weighted by Gasteiger charge is 2.46. The van der Waals surface area contributed by atoms with E-state index < -0.39 is 5.60 Å². The molecule has 3 N–H and O–H groups in total. The molecule has 0 unspecified atom stereocenters. The van der Waals surface area contributed by atoms with Gasteiger partial charge in [0.25, 0.3) is 0 Å². The van der Waals surface area contributed by atoms with E-state index in [0.29, 0.717) is 5.92 Å². The van der Waals surface area contributed by atoms with Crippen LogP contribution in [0.15, 0.2) is 0 Å². The zero-order chi connectivity index (χ0) is 13.4. The van der Waals surface area contributed by atoms with E-state index in [0.717, 1.165) is 25.7 Å². The van der Waals surface area contributed by atoms with Gasteiger partial charge in [-0.25, -0.2) is 4.79 Å². The van der Waals surface area contributed by atoms with Crippen LogP contribution in [0.2, 0.25) is 0 Å². The normalized spacial score (nSPS) is 30.7. The lowest BCUT2D eigenvalue weighted by molar-refractivity contribution is 0.0485. The number of hydrogen-bond donors (Lipinski definition) is 2. The third-order valence-corrected chi connectivity index (χ3v) is 4.09. The molecule has 2 aliphatic carbocycles. The Balaban J connectivity index is 1.72. The molecule has 2 saturated carbocycles. The molecule has 18 heavy (non-hydrogen) atoms. The standard InChI is InChI=1S/C14H26N2O2/c1-13(2,3)18-12(17)16-11-6-4-10(5-7-11)14(15)8-9-14/h10-11H,4-9,15H2,1-3H3,(H,16,17). The smallest absolute Gasteiger partial charge is 0.407 e. The summed E-state index contributed by atoms with van der Waals surface area (Å²) in [5, 5.41) is 2.97. The number of alkyl carbamates (subject to hydrolysis) is 1. The first-order chi connectivity index (χ1) is 8.28. The summed E-state index contributed by atoms with van der Waals surface area (Å²) in [7, 11) is 0. The highest BCUT2D eigenvalue weighted by atomic mass is 16.6. The predicted molar refractivity (Wildman–Crippen MR) is 71.3 cm³/mol. The quantitative estimate of drug-likeness (QED) is 0.796. The first kappa shape index (κ1) is 13.7. The van der Waals surface area contributed by atoms with Gasteiger partial charge in [-0.15, -0.1) is 0 Å². The SMILES string of the molecule is CC(C)(C)OC(=O)NC1CCC(C2(N)CC2)CC1. The topological polar surface area (TPSA) is 64.3 Å². The monoisotopic (exact) mass is 254 g/mol. The first-order valence-electron chi connectivity index (χ1n) is 7.07. The van der Waals surface area contributed by atoms with Crippen LogP contribution in [0.4, 0.5) is 4.79 Å². The van der Waals surface area contributed by atoms with Gasteiger partial charge in [0.2, 0.25) is 0 Å². The lowest BCUT2D eigenvalue weighted by atomic mass is 9.80. The first-order valence-corrected chi connectivity index (χ1v) is 7.07. The number of amides is 1. The molecule has 0 aromatic carbocycles. The van der Waals surface area contributed by atoms with E-state index in [4.69, 9.17) is 10.5 Å². The summed E-state index contributed by atoms with van der Waals surface area (Å²) in [6.45, 7) is 5.65. The molecule has 0 aliphatic heterocycles. The van der Waals surface area contributed by atoms with Gasteiger partial charge in [-0.1, -0.05) is 0 Å². The van der Waals surface area contributed by atoms with Gasteiger partial charge in [-0.3, -0.25) is 0 Å². The third kappa shape index (κ3) is 3.61. The van der Waals surface area contributed by atoms with Crippen LogP contribution in [-0.2, 0) is 4.74 Å². The molecular weight excluding hydrogens is 228 g/mol. The van der Waals surface area contributed by atoms with E-state index >= 15 is 0 Å². The number of hydrogen-bond acceptors (Lipinski definition) is 3. The largest absolute Gasteiger partial charge is 0.444 e. The van der Waals surface area contributed by atoms with Crippen LogP contribution in [-0.4, -0.2) is 23.3 Å². The van der Waals surface area contributed by atoms with Gasteiger partial charge >= 0.3 is 6.09 Å². The zero-order valence-corrected chi connectivity index (χ0v) is 11.8. The molecule has 0 atom stereocenters. The maximum absolute atomic E-state index is 11.7. The molecule has 0 saturated heterocycles. The number of carbonyl (C=O) groups is 1. The molecule has 2 fully saturated rings. The number of nitrogens with one attached hydrogen (secondary N) is 1. The second-order valence-corrected chi connectivity index (χ2v) is 6.93. The Bertz CT molecular complexity index is 310. The predicted octanol–water partition coefficient (Wildman–Crippen LogP) is 2.56. The maximum atomic E-state index is 11.7. The Hall–Kier alpha value is -0.770. The van der Waals surface area contributed by atoms with Crippen molar-refractivity contribution >= 4 is 6.09 Å². The minimum atomic E-state index is -0.420. The molecule has 0 radical (unpaired) electrons. The van der Waals surface area contributed by atoms with Gasteiger partial charge in [0.1, 0.15) is 5.60 Å².